The summed E-state index contributed by atoms with van der Waals surface area (Å²) in [7, 11) is 0. The average molecular weight is 399 g/mol. The number of esters is 1. The zero-order valence-corrected chi connectivity index (χ0v) is 18.4. The van der Waals surface area contributed by atoms with Gasteiger partial charge in [0, 0.05) is 17.4 Å². The van der Waals surface area contributed by atoms with Gasteiger partial charge >= 0.3 is 5.97 Å². The van der Waals surface area contributed by atoms with Crippen LogP contribution < -0.4 is 0 Å². The first-order chi connectivity index (χ1) is 14.1. The fourth-order valence-electron chi connectivity index (χ4n) is 6.42. The standard InChI is InChI=1S/C26H38O3/c1-3-4-10-19-11-6-5-8-17(2)26(28)24-15-22-20-12-7-9-18(20)13-14-21(22)23(24)16-25(27)29-19/h15,17-20,22H,3-14,16H2,1-2H3/t17-,18?,19+,20?,22?/m1/s1. The third kappa shape index (κ3) is 4.39. The third-order valence-electron chi connectivity index (χ3n) is 8.05. The van der Waals surface area contributed by atoms with Crippen LogP contribution in [0.5, 0.6) is 0 Å². The molecule has 0 bridgehead atoms. The van der Waals surface area contributed by atoms with Crippen molar-refractivity contribution in [2.45, 2.75) is 103 Å². The Kier molecular flexibility index (Phi) is 6.61. The van der Waals surface area contributed by atoms with Crippen molar-refractivity contribution in [2.75, 3.05) is 0 Å². The summed E-state index contributed by atoms with van der Waals surface area (Å²) in [4.78, 5) is 26.2. The van der Waals surface area contributed by atoms with Gasteiger partial charge in [0.15, 0.2) is 5.78 Å². The molecule has 3 nitrogen and oxygen atoms in total. The molecule has 29 heavy (non-hydrogen) atoms. The Balaban J connectivity index is 1.61. The number of ether oxygens (including phenoxy) is 1. The summed E-state index contributed by atoms with van der Waals surface area (Å²) in [5, 5.41) is 0. The van der Waals surface area contributed by atoms with Crippen LogP contribution in [0.15, 0.2) is 22.8 Å². The van der Waals surface area contributed by atoms with Crippen molar-refractivity contribution in [1.29, 1.82) is 0 Å². The lowest BCUT2D eigenvalue weighted by atomic mass is 9.71. The van der Waals surface area contributed by atoms with E-state index in [1.54, 1.807) is 0 Å². The molecule has 1 aliphatic heterocycles. The highest BCUT2D eigenvalue weighted by molar-refractivity contribution is 6.03. The number of carbonyl (C=O) groups is 2. The van der Waals surface area contributed by atoms with Crippen LogP contribution in [0.3, 0.4) is 0 Å². The minimum atomic E-state index is -0.116. The molecular weight excluding hydrogens is 360 g/mol. The van der Waals surface area contributed by atoms with Crippen LogP contribution in [-0.4, -0.2) is 17.9 Å². The van der Waals surface area contributed by atoms with Crippen molar-refractivity contribution in [2.24, 2.45) is 23.7 Å². The van der Waals surface area contributed by atoms with Crippen LogP contribution in [0.2, 0.25) is 0 Å². The molecule has 0 spiro atoms. The Morgan fingerprint density at radius 1 is 1.03 bits per heavy atom. The summed E-state index contributed by atoms with van der Waals surface area (Å²) in [6.45, 7) is 4.27. The molecule has 3 unspecified atom stereocenters. The van der Waals surface area contributed by atoms with E-state index in [4.69, 9.17) is 4.74 Å². The van der Waals surface area contributed by atoms with Gasteiger partial charge in [0.05, 0.1) is 6.42 Å². The highest BCUT2D eigenvalue weighted by Crippen LogP contribution is 2.53. The van der Waals surface area contributed by atoms with Crippen LogP contribution in [0.4, 0.5) is 0 Å². The van der Waals surface area contributed by atoms with E-state index in [0.717, 1.165) is 68.4 Å². The van der Waals surface area contributed by atoms with Crippen molar-refractivity contribution in [3.63, 3.8) is 0 Å². The number of Topliss-reactive ketones (excluding diaryl/α,β-unsaturated/α-hetero) is 1. The molecule has 0 radical (unpaired) electrons. The molecule has 4 rings (SSSR count). The lowest BCUT2D eigenvalue weighted by Gasteiger charge is -2.33. The third-order valence-corrected chi connectivity index (χ3v) is 8.05. The maximum atomic E-state index is 13.3. The van der Waals surface area contributed by atoms with Crippen LogP contribution >= 0.6 is 0 Å². The first-order valence-electron chi connectivity index (χ1n) is 12.3. The Morgan fingerprint density at radius 3 is 2.69 bits per heavy atom. The lowest BCUT2D eigenvalue weighted by Crippen LogP contribution is -2.24. The second-order valence-electron chi connectivity index (χ2n) is 9.98. The smallest absolute Gasteiger partial charge is 0.310 e. The second-order valence-corrected chi connectivity index (χ2v) is 9.98. The molecule has 0 aromatic heterocycles. The Morgan fingerprint density at radius 2 is 1.86 bits per heavy atom. The quantitative estimate of drug-likeness (QED) is 0.522. The first-order valence-corrected chi connectivity index (χ1v) is 12.3. The van der Waals surface area contributed by atoms with E-state index in [1.165, 1.54) is 31.3 Å². The van der Waals surface area contributed by atoms with Gasteiger partial charge in [0.25, 0.3) is 0 Å². The highest BCUT2D eigenvalue weighted by atomic mass is 16.5. The summed E-state index contributed by atoms with van der Waals surface area (Å²) in [6.07, 6.45) is 16.1. The van der Waals surface area contributed by atoms with E-state index in [-0.39, 0.29) is 23.8 Å². The summed E-state index contributed by atoms with van der Waals surface area (Å²) in [5.74, 6) is 2.13. The molecule has 5 atom stereocenters. The van der Waals surface area contributed by atoms with E-state index in [1.807, 2.05) is 0 Å². The Bertz CT molecular complexity index is 701. The van der Waals surface area contributed by atoms with Crippen LogP contribution in [0, 0.1) is 23.7 Å². The van der Waals surface area contributed by atoms with E-state index in [2.05, 4.69) is 19.9 Å². The van der Waals surface area contributed by atoms with Gasteiger partial charge in [-0.3, -0.25) is 9.59 Å². The van der Waals surface area contributed by atoms with Gasteiger partial charge in [-0.15, -0.1) is 0 Å². The van der Waals surface area contributed by atoms with Gasteiger partial charge in [-0.1, -0.05) is 57.6 Å². The number of hydrogen-bond donors (Lipinski definition) is 0. The van der Waals surface area contributed by atoms with Gasteiger partial charge in [0.2, 0.25) is 0 Å². The number of unbranched alkanes of at least 4 members (excludes halogenated alkanes) is 1. The predicted molar refractivity (Wildman–Crippen MR) is 115 cm³/mol. The van der Waals surface area contributed by atoms with Crippen molar-refractivity contribution < 1.29 is 14.3 Å². The largest absolute Gasteiger partial charge is 0.462 e. The SMILES string of the molecule is CCCC[C@H]1CCCC[C@@H](C)C(=O)C2=CC3C(=C2CC(=O)O1)CCC1CCCC13. The van der Waals surface area contributed by atoms with Crippen LogP contribution in [0.25, 0.3) is 0 Å². The fourth-order valence-corrected chi connectivity index (χ4v) is 6.42. The molecular formula is C26H38O3. The summed E-state index contributed by atoms with van der Waals surface area (Å²) in [5.41, 5.74) is 3.34. The summed E-state index contributed by atoms with van der Waals surface area (Å²) >= 11 is 0. The minimum absolute atomic E-state index is 0.0497. The minimum Gasteiger partial charge on any atom is -0.462 e. The van der Waals surface area contributed by atoms with Gasteiger partial charge in [-0.25, -0.2) is 0 Å². The molecule has 0 aromatic rings. The normalized spacial score (nSPS) is 35.8. The van der Waals surface area contributed by atoms with E-state index in [9.17, 15) is 9.59 Å². The fraction of sp³-hybridized carbons (Fsp3) is 0.769. The number of ketones is 1. The number of allylic oxidation sites excluding steroid dienone is 3. The van der Waals surface area contributed by atoms with Crippen LogP contribution in [-0.2, 0) is 14.3 Å². The predicted octanol–water partition coefficient (Wildman–Crippen LogP) is 6.32. The van der Waals surface area contributed by atoms with E-state index < -0.39 is 0 Å². The topological polar surface area (TPSA) is 43.4 Å². The number of rotatable bonds is 3. The van der Waals surface area contributed by atoms with Gasteiger partial charge in [-0.05, 0) is 62.4 Å². The van der Waals surface area contributed by atoms with Gasteiger partial charge < -0.3 is 4.74 Å². The van der Waals surface area contributed by atoms with Crippen molar-refractivity contribution in [3.05, 3.63) is 22.8 Å². The van der Waals surface area contributed by atoms with Gasteiger partial charge in [0.1, 0.15) is 6.10 Å². The molecule has 1 saturated heterocycles. The molecule has 0 amide bonds. The van der Waals surface area contributed by atoms with Crippen molar-refractivity contribution >= 4 is 11.8 Å². The summed E-state index contributed by atoms with van der Waals surface area (Å²) < 4.78 is 5.95. The maximum absolute atomic E-state index is 13.3. The second kappa shape index (κ2) is 9.18. The van der Waals surface area contributed by atoms with Crippen molar-refractivity contribution in [1.82, 2.24) is 0 Å². The lowest BCUT2D eigenvalue weighted by molar-refractivity contribution is -0.149. The Labute approximate surface area is 176 Å². The molecule has 160 valence electrons. The molecule has 3 aliphatic carbocycles. The first kappa shape index (κ1) is 20.9. The molecule has 4 aliphatic rings. The molecule has 1 heterocycles. The molecule has 2 saturated carbocycles. The summed E-state index contributed by atoms with van der Waals surface area (Å²) in [6, 6.07) is 0. The average Bonchev–Trinajstić information content (AvgIpc) is 3.32. The molecule has 0 N–H and O–H groups in total. The Hall–Kier alpha value is -1.38. The number of carbonyl (C=O) groups excluding carboxylic acids is 2. The monoisotopic (exact) mass is 398 g/mol. The number of cyclic esters (lactones) is 1. The molecule has 3 fully saturated rings. The van der Waals surface area contributed by atoms with E-state index >= 15 is 0 Å². The number of hydrogen-bond acceptors (Lipinski definition) is 3. The van der Waals surface area contributed by atoms with Crippen molar-refractivity contribution in [3.8, 4) is 0 Å². The molecule has 3 heteroatoms. The van der Waals surface area contributed by atoms with Crippen LogP contribution in [0.1, 0.15) is 97.3 Å². The number of fused-ring (bicyclic) bond motifs is 4. The van der Waals surface area contributed by atoms with Gasteiger partial charge in [-0.2, -0.15) is 0 Å². The highest BCUT2D eigenvalue weighted by Gasteiger charge is 2.43. The molecule has 0 aromatic carbocycles. The van der Waals surface area contributed by atoms with E-state index in [0.29, 0.717) is 18.3 Å². The zero-order chi connectivity index (χ0) is 20.4. The maximum Gasteiger partial charge on any atom is 0.310 e. The zero-order valence-electron chi connectivity index (χ0n) is 18.4.